The van der Waals surface area contributed by atoms with Crippen LogP contribution in [0.25, 0.3) is 0 Å². The van der Waals surface area contributed by atoms with Crippen LogP contribution in [0.15, 0.2) is 54.6 Å². The number of carbonyl (C=O) groups is 2. The van der Waals surface area contributed by atoms with Crippen molar-refractivity contribution in [1.29, 1.82) is 0 Å². The van der Waals surface area contributed by atoms with E-state index in [0.717, 1.165) is 12.8 Å². The smallest absolute Gasteiger partial charge is 0.305 e. The Balaban J connectivity index is 1.55. The number of benzene rings is 2. The number of ether oxygens (including phenoxy) is 1. The van der Waals surface area contributed by atoms with Crippen LogP contribution in [0.4, 0.5) is 5.69 Å². The number of para-hydroxylation sites is 1. The van der Waals surface area contributed by atoms with E-state index in [2.05, 4.69) is 10.6 Å². The first kappa shape index (κ1) is 21.9. The Morgan fingerprint density at radius 3 is 2.43 bits per heavy atom. The summed E-state index contributed by atoms with van der Waals surface area (Å²) in [7, 11) is 0. The summed E-state index contributed by atoms with van der Waals surface area (Å²) in [6, 6.07) is 17.1. The van der Waals surface area contributed by atoms with E-state index in [0.29, 0.717) is 23.7 Å². The second kappa shape index (κ2) is 12.1. The third-order valence-electron chi connectivity index (χ3n) is 3.88. The van der Waals surface area contributed by atoms with Gasteiger partial charge in [-0.1, -0.05) is 54.1 Å². The van der Waals surface area contributed by atoms with E-state index in [1.165, 1.54) is 5.56 Å². The molecular weight excluding hydrogens is 396 g/mol. The minimum atomic E-state index is -0.294. The van der Waals surface area contributed by atoms with Crippen molar-refractivity contribution >= 4 is 46.5 Å². The van der Waals surface area contributed by atoms with E-state index in [-0.39, 0.29) is 29.8 Å². The molecule has 2 aromatic rings. The number of halogens is 1. The Morgan fingerprint density at radius 2 is 1.68 bits per heavy atom. The first-order valence-electron chi connectivity index (χ1n) is 9.09. The van der Waals surface area contributed by atoms with Gasteiger partial charge in [0, 0.05) is 12.8 Å². The predicted octanol–water partition coefficient (Wildman–Crippen LogP) is 4.50. The molecule has 0 saturated heterocycles. The van der Waals surface area contributed by atoms with Crippen LogP contribution in [0.2, 0.25) is 5.02 Å². The number of rotatable bonds is 9. The highest BCUT2D eigenvalue weighted by atomic mass is 35.5. The van der Waals surface area contributed by atoms with Crippen LogP contribution in [0, 0.1) is 0 Å². The van der Waals surface area contributed by atoms with E-state index < -0.39 is 0 Å². The molecule has 5 nitrogen and oxygen atoms in total. The summed E-state index contributed by atoms with van der Waals surface area (Å²) in [5, 5.41) is 6.11. The van der Waals surface area contributed by atoms with E-state index in [1.54, 1.807) is 18.2 Å². The van der Waals surface area contributed by atoms with E-state index in [9.17, 15) is 9.59 Å². The Kier molecular flexibility index (Phi) is 9.45. The van der Waals surface area contributed by atoms with Gasteiger partial charge in [-0.15, -0.1) is 0 Å². The summed E-state index contributed by atoms with van der Waals surface area (Å²) >= 11 is 11.1. The predicted molar refractivity (Wildman–Crippen MR) is 115 cm³/mol. The number of anilines is 1. The molecule has 2 aromatic carbocycles. The van der Waals surface area contributed by atoms with Gasteiger partial charge in [0.15, 0.2) is 5.11 Å². The van der Waals surface area contributed by atoms with Crippen LogP contribution in [0.3, 0.4) is 0 Å². The molecule has 1 amide bonds. The molecule has 7 heteroatoms. The molecule has 0 fully saturated rings. The zero-order valence-electron chi connectivity index (χ0n) is 15.4. The molecule has 0 atom stereocenters. The van der Waals surface area contributed by atoms with Crippen molar-refractivity contribution < 1.29 is 14.3 Å². The lowest BCUT2D eigenvalue weighted by Crippen LogP contribution is -2.34. The molecule has 0 bridgehead atoms. The molecule has 0 aliphatic carbocycles. The Labute approximate surface area is 175 Å². The largest absolute Gasteiger partial charge is 0.466 e. The van der Waals surface area contributed by atoms with Crippen LogP contribution < -0.4 is 10.6 Å². The van der Waals surface area contributed by atoms with E-state index >= 15 is 0 Å². The summed E-state index contributed by atoms with van der Waals surface area (Å²) in [5.41, 5.74) is 1.84. The fourth-order valence-corrected chi connectivity index (χ4v) is 2.88. The molecule has 0 aliphatic rings. The lowest BCUT2D eigenvalue weighted by atomic mass is 10.1. The van der Waals surface area contributed by atoms with Crippen molar-refractivity contribution in [3.8, 4) is 0 Å². The summed E-state index contributed by atoms with van der Waals surface area (Å²) in [5.74, 6) is -0.556. The molecule has 0 aromatic heterocycles. The zero-order chi connectivity index (χ0) is 20.2. The normalized spacial score (nSPS) is 10.2. The van der Waals surface area contributed by atoms with Crippen molar-refractivity contribution in [2.45, 2.75) is 32.1 Å². The average Bonchev–Trinajstić information content (AvgIpc) is 2.68. The van der Waals surface area contributed by atoms with E-state index in [1.807, 2.05) is 36.4 Å². The molecule has 0 aliphatic heterocycles. The van der Waals surface area contributed by atoms with Gasteiger partial charge in [0.2, 0.25) is 5.91 Å². The van der Waals surface area contributed by atoms with Crippen molar-refractivity contribution in [3.63, 3.8) is 0 Å². The standard InChI is InChI=1S/C21H23ClN2O3S/c22-17-11-4-5-12-18(17)23-21(28)24-19(25)13-6-14-20(26)27-15-7-10-16-8-2-1-3-9-16/h1-5,8-9,11-12H,6-7,10,13-15H2,(H2,23,24,25,28). The topological polar surface area (TPSA) is 67.4 Å². The lowest BCUT2D eigenvalue weighted by molar-refractivity contribution is -0.143. The number of aryl methyl sites for hydroxylation is 1. The fourth-order valence-electron chi connectivity index (χ4n) is 2.48. The van der Waals surface area contributed by atoms with Gasteiger partial charge in [-0.05, 0) is 49.2 Å². The van der Waals surface area contributed by atoms with Crippen LogP contribution in [-0.2, 0) is 20.7 Å². The molecule has 2 rings (SSSR count). The van der Waals surface area contributed by atoms with E-state index in [4.69, 9.17) is 28.6 Å². The molecule has 2 N–H and O–H groups in total. The molecule has 148 valence electrons. The summed E-state index contributed by atoms with van der Waals surface area (Å²) in [6.45, 7) is 0.381. The van der Waals surface area contributed by atoms with Gasteiger partial charge in [0.05, 0.1) is 17.3 Å². The number of hydrogen-bond acceptors (Lipinski definition) is 4. The molecule has 0 heterocycles. The van der Waals surface area contributed by atoms with Gasteiger partial charge < -0.3 is 15.4 Å². The number of thiocarbonyl (C=S) groups is 1. The van der Waals surface area contributed by atoms with Crippen molar-refractivity contribution in [1.82, 2.24) is 5.32 Å². The minimum Gasteiger partial charge on any atom is -0.466 e. The highest BCUT2D eigenvalue weighted by Crippen LogP contribution is 2.20. The number of esters is 1. The summed E-state index contributed by atoms with van der Waals surface area (Å²) in [6.07, 6.45) is 2.43. The van der Waals surface area contributed by atoms with Gasteiger partial charge >= 0.3 is 5.97 Å². The maximum absolute atomic E-state index is 11.9. The SMILES string of the molecule is O=C(CCCC(=O)OCCCc1ccccc1)NC(=S)Nc1ccccc1Cl. The minimum absolute atomic E-state index is 0.168. The number of hydrogen-bond donors (Lipinski definition) is 2. The first-order chi connectivity index (χ1) is 13.5. The van der Waals surface area contributed by atoms with Crippen LogP contribution in [0.1, 0.15) is 31.2 Å². The maximum Gasteiger partial charge on any atom is 0.305 e. The molecule has 0 unspecified atom stereocenters. The molecule has 28 heavy (non-hydrogen) atoms. The zero-order valence-corrected chi connectivity index (χ0v) is 17.0. The van der Waals surface area contributed by atoms with Gasteiger partial charge in [0.1, 0.15) is 0 Å². The third-order valence-corrected chi connectivity index (χ3v) is 4.41. The Morgan fingerprint density at radius 1 is 0.964 bits per heavy atom. The third kappa shape index (κ3) is 8.50. The van der Waals surface area contributed by atoms with Crippen molar-refractivity contribution in [3.05, 3.63) is 65.2 Å². The highest BCUT2D eigenvalue weighted by Gasteiger charge is 2.09. The summed E-state index contributed by atoms with van der Waals surface area (Å²) < 4.78 is 5.20. The van der Waals surface area contributed by atoms with Gasteiger partial charge in [-0.25, -0.2) is 0 Å². The molecule has 0 spiro atoms. The number of carbonyl (C=O) groups excluding carboxylic acids is 2. The van der Waals surface area contributed by atoms with Crippen LogP contribution in [-0.4, -0.2) is 23.6 Å². The summed E-state index contributed by atoms with van der Waals surface area (Å²) in [4.78, 5) is 23.6. The average molecular weight is 419 g/mol. The quantitative estimate of drug-likeness (QED) is 0.356. The van der Waals surface area contributed by atoms with Crippen LogP contribution >= 0.6 is 23.8 Å². The number of nitrogens with one attached hydrogen (secondary N) is 2. The fraction of sp³-hybridized carbons (Fsp3) is 0.286. The maximum atomic E-state index is 11.9. The Bertz CT molecular complexity index is 799. The van der Waals surface area contributed by atoms with Gasteiger partial charge in [-0.2, -0.15) is 0 Å². The second-order valence-electron chi connectivity index (χ2n) is 6.15. The molecule has 0 radical (unpaired) electrons. The van der Waals surface area contributed by atoms with Gasteiger partial charge in [-0.3, -0.25) is 9.59 Å². The molecule has 0 saturated carbocycles. The van der Waals surface area contributed by atoms with Crippen molar-refractivity contribution in [2.24, 2.45) is 0 Å². The Hall–Kier alpha value is -2.44. The van der Waals surface area contributed by atoms with Crippen LogP contribution in [0.5, 0.6) is 0 Å². The van der Waals surface area contributed by atoms with Gasteiger partial charge in [0.25, 0.3) is 0 Å². The lowest BCUT2D eigenvalue weighted by Gasteiger charge is -2.10. The first-order valence-corrected chi connectivity index (χ1v) is 9.88. The number of amides is 1. The van der Waals surface area contributed by atoms with Crippen molar-refractivity contribution in [2.75, 3.05) is 11.9 Å². The monoisotopic (exact) mass is 418 g/mol. The highest BCUT2D eigenvalue weighted by molar-refractivity contribution is 7.80. The molecular formula is C21H23ClN2O3S. The second-order valence-corrected chi connectivity index (χ2v) is 6.96.